The predicted octanol–water partition coefficient (Wildman–Crippen LogP) is 1.62. The third-order valence-corrected chi connectivity index (χ3v) is 2.98. The van der Waals surface area contributed by atoms with Crippen molar-refractivity contribution in [3.05, 3.63) is 18.1 Å². The van der Waals surface area contributed by atoms with Crippen molar-refractivity contribution in [1.82, 2.24) is 20.2 Å². The van der Waals surface area contributed by atoms with Crippen molar-refractivity contribution in [3.8, 4) is 0 Å². The lowest BCUT2D eigenvalue weighted by molar-refractivity contribution is 0.0947. The Hall–Kier alpha value is -1.69. The summed E-state index contributed by atoms with van der Waals surface area (Å²) < 4.78 is 0. The number of carbonyl (C=O) groups is 1. The Labute approximate surface area is 127 Å². The standard InChI is InChI=1S/C15H27N5O/c1-12(2)6-8-16-14-11-18-13(10-19-14)15(21)17-7-5-9-20(3)4/h10-12H,5-9H2,1-4H3,(H,16,19)(H,17,21). The summed E-state index contributed by atoms with van der Waals surface area (Å²) in [4.78, 5) is 22.3. The summed E-state index contributed by atoms with van der Waals surface area (Å²) in [5.41, 5.74) is 0.356. The van der Waals surface area contributed by atoms with E-state index in [0.29, 0.717) is 24.0 Å². The van der Waals surface area contributed by atoms with E-state index in [0.717, 1.165) is 25.9 Å². The van der Waals surface area contributed by atoms with Gasteiger partial charge in [0.1, 0.15) is 11.5 Å². The zero-order valence-electron chi connectivity index (χ0n) is 13.5. The molecule has 0 fully saturated rings. The molecule has 0 aliphatic heterocycles. The van der Waals surface area contributed by atoms with Crippen molar-refractivity contribution >= 4 is 11.7 Å². The van der Waals surface area contributed by atoms with Gasteiger partial charge in [-0.05, 0) is 39.4 Å². The van der Waals surface area contributed by atoms with Gasteiger partial charge in [0, 0.05) is 13.1 Å². The van der Waals surface area contributed by atoms with E-state index in [-0.39, 0.29) is 5.91 Å². The van der Waals surface area contributed by atoms with Gasteiger partial charge in [-0.1, -0.05) is 13.8 Å². The molecule has 0 atom stereocenters. The molecular weight excluding hydrogens is 266 g/mol. The van der Waals surface area contributed by atoms with Gasteiger partial charge in [0.15, 0.2) is 0 Å². The van der Waals surface area contributed by atoms with Crippen LogP contribution in [0, 0.1) is 5.92 Å². The highest BCUT2D eigenvalue weighted by molar-refractivity contribution is 5.91. The summed E-state index contributed by atoms with van der Waals surface area (Å²) in [5.74, 6) is 1.19. The maximum atomic E-state index is 11.9. The van der Waals surface area contributed by atoms with Crippen LogP contribution in [-0.2, 0) is 0 Å². The van der Waals surface area contributed by atoms with E-state index in [9.17, 15) is 4.79 Å². The zero-order valence-corrected chi connectivity index (χ0v) is 13.5. The maximum Gasteiger partial charge on any atom is 0.271 e. The second kappa shape index (κ2) is 9.28. The van der Waals surface area contributed by atoms with E-state index in [2.05, 4.69) is 39.3 Å². The van der Waals surface area contributed by atoms with E-state index >= 15 is 0 Å². The predicted molar refractivity (Wildman–Crippen MR) is 85.5 cm³/mol. The van der Waals surface area contributed by atoms with Crippen LogP contribution in [0.4, 0.5) is 5.82 Å². The normalized spacial score (nSPS) is 11.0. The maximum absolute atomic E-state index is 11.9. The Morgan fingerprint density at radius 1 is 1.24 bits per heavy atom. The van der Waals surface area contributed by atoms with Crippen LogP contribution in [0.3, 0.4) is 0 Å². The third kappa shape index (κ3) is 7.60. The Balaban J connectivity index is 2.33. The molecule has 0 aliphatic rings. The number of aromatic nitrogens is 2. The lowest BCUT2D eigenvalue weighted by atomic mass is 10.1. The minimum Gasteiger partial charge on any atom is -0.369 e. The van der Waals surface area contributed by atoms with Gasteiger partial charge < -0.3 is 15.5 Å². The summed E-state index contributed by atoms with van der Waals surface area (Å²) >= 11 is 0. The van der Waals surface area contributed by atoms with Gasteiger partial charge in [-0.3, -0.25) is 4.79 Å². The Morgan fingerprint density at radius 2 is 2.00 bits per heavy atom. The van der Waals surface area contributed by atoms with Crippen molar-refractivity contribution in [2.75, 3.05) is 39.0 Å². The summed E-state index contributed by atoms with van der Waals surface area (Å²) in [5, 5.41) is 6.04. The Bertz CT molecular complexity index is 417. The average Bonchev–Trinajstić information content (AvgIpc) is 2.43. The summed E-state index contributed by atoms with van der Waals surface area (Å²) in [7, 11) is 4.02. The Morgan fingerprint density at radius 3 is 2.57 bits per heavy atom. The minimum absolute atomic E-state index is 0.171. The van der Waals surface area contributed by atoms with Gasteiger partial charge in [-0.15, -0.1) is 0 Å². The molecule has 1 rings (SSSR count). The number of rotatable bonds is 9. The smallest absolute Gasteiger partial charge is 0.271 e. The highest BCUT2D eigenvalue weighted by Crippen LogP contribution is 2.04. The van der Waals surface area contributed by atoms with E-state index in [1.807, 2.05) is 14.1 Å². The van der Waals surface area contributed by atoms with Crippen molar-refractivity contribution in [3.63, 3.8) is 0 Å². The fourth-order valence-corrected chi connectivity index (χ4v) is 1.71. The van der Waals surface area contributed by atoms with Gasteiger partial charge in [0.05, 0.1) is 12.4 Å². The fourth-order valence-electron chi connectivity index (χ4n) is 1.71. The first-order valence-corrected chi connectivity index (χ1v) is 7.48. The van der Waals surface area contributed by atoms with Crippen molar-refractivity contribution < 1.29 is 4.79 Å². The quantitative estimate of drug-likeness (QED) is 0.677. The van der Waals surface area contributed by atoms with Crippen molar-refractivity contribution in [2.24, 2.45) is 5.92 Å². The average molecular weight is 293 g/mol. The molecule has 0 saturated carbocycles. The molecule has 2 N–H and O–H groups in total. The molecule has 1 heterocycles. The summed E-state index contributed by atoms with van der Waals surface area (Å²) in [6.07, 6.45) is 5.12. The van der Waals surface area contributed by atoms with E-state index in [1.165, 1.54) is 6.20 Å². The van der Waals surface area contributed by atoms with Gasteiger partial charge in [-0.25, -0.2) is 9.97 Å². The molecule has 1 aromatic rings. The monoisotopic (exact) mass is 293 g/mol. The number of amides is 1. The molecule has 21 heavy (non-hydrogen) atoms. The first-order chi connectivity index (χ1) is 9.99. The first-order valence-electron chi connectivity index (χ1n) is 7.48. The fraction of sp³-hybridized carbons (Fsp3) is 0.667. The molecular formula is C15H27N5O. The number of carbonyl (C=O) groups excluding carboxylic acids is 1. The van der Waals surface area contributed by atoms with Crippen LogP contribution >= 0.6 is 0 Å². The van der Waals surface area contributed by atoms with E-state index < -0.39 is 0 Å². The van der Waals surface area contributed by atoms with Gasteiger partial charge in [-0.2, -0.15) is 0 Å². The first kappa shape index (κ1) is 17.4. The molecule has 0 bridgehead atoms. The molecule has 0 unspecified atom stereocenters. The van der Waals surface area contributed by atoms with Crippen LogP contribution in [-0.4, -0.2) is 54.5 Å². The highest BCUT2D eigenvalue weighted by atomic mass is 16.1. The molecule has 1 aromatic heterocycles. The minimum atomic E-state index is -0.171. The molecule has 0 spiro atoms. The van der Waals surface area contributed by atoms with Gasteiger partial charge >= 0.3 is 0 Å². The third-order valence-electron chi connectivity index (χ3n) is 2.98. The van der Waals surface area contributed by atoms with Crippen LogP contribution in [0.5, 0.6) is 0 Å². The molecule has 0 saturated heterocycles. The lowest BCUT2D eigenvalue weighted by Crippen LogP contribution is -2.27. The lowest BCUT2D eigenvalue weighted by Gasteiger charge is -2.10. The largest absolute Gasteiger partial charge is 0.369 e. The van der Waals surface area contributed by atoms with Gasteiger partial charge in [0.25, 0.3) is 5.91 Å². The van der Waals surface area contributed by atoms with Gasteiger partial charge in [0.2, 0.25) is 0 Å². The van der Waals surface area contributed by atoms with Crippen LogP contribution in [0.2, 0.25) is 0 Å². The van der Waals surface area contributed by atoms with Crippen LogP contribution in [0.1, 0.15) is 37.2 Å². The Kier molecular flexibility index (Phi) is 7.68. The summed E-state index contributed by atoms with van der Waals surface area (Å²) in [6, 6.07) is 0. The van der Waals surface area contributed by atoms with Crippen molar-refractivity contribution in [1.29, 1.82) is 0 Å². The SMILES string of the molecule is CC(C)CCNc1cnc(C(=O)NCCCN(C)C)cn1. The number of nitrogens with zero attached hydrogens (tertiary/aromatic N) is 3. The number of nitrogens with one attached hydrogen (secondary N) is 2. The molecule has 0 radical (unpaired) electrons. The van der Waals surface area contributed by atoms with E-state index in [1.54, 1.807) is 6.20 Å². The van der Waals surface area contributed by atoms with Crippen LogP contribution in [0.15, 0.2) is 12.4 Å². The van der Waals surface area contributed by atoms with Crippen LogP contribution < -0.4 is 10.6 Å². The molecule has 6 heteroatoms. The topological polar surface area (TPSA) is 70.2 Å². The van der Waals surface area contributed by atoms with Crippen LogP contribution in [0.25, 0.3) is 0 Å². The number of hydrogen-bond acceptors (Lipinski definition) is 5. The number of anilines is 1. The molecule has 0 aromatic carbocycles. The zero-order chi connectivity index (χ0) is 15.7. The molecule has 1 amide bonds. The molecule has 0 aliphatic carbocycles. The molecule has 6 nitrogen and oxygen atoms in total. The summed E-state index contributed by atoms with van der Waals surface area (Å²) in [6.45, 7) is 6.81. The second-order valence-electron chi connectivity index (χ2n) is 5.81. The molecule has 118 valence electrons. The van der Waals surface area contributed by atoms with E-state index in [4.69, 9.17) is 0 Å². The highest BCUT2D eigenvalue weighted by Gasteiger charge is 2.07. The number of hydrogen-bond donors (Lipinski definition) is 2. The van der Waals surface area contributed by atoms with Crippen molar-refractivity contribution in [2.45, 2.75) is 26.7 Å². The second-order valence-corrected chi connectivity index (χ2v) is 5.81.